The minimum absolute atomic E-state index is 0.0202. The molecule has 0 radical (unpaired) electrons. The first-order valence-electron chi connectivity index (χ1n) is 9.93. The van der Waals surface area contributed by atoms with E-state index in [1.54, 1.807) is 0 Å². The first kappa shape index (κ1) is 16.4. The second-order valence-electron chi connectivity index (χ2n) is 7.96. The van der Waals surface area contributed by atoms with E-state index >= 15 is 0 Å². The molecule has 4 nitrogen and oxygen atoms in total. The Kier molecular flexibility index (Phi) is 3.74. The molecule has 1 aliphatic carbocycles. The summed E-state index contributed by atoms with van der Waals surface area (Å²) in [6.45, 7) is 2.82. The Balaban J connectivity index is 1.54. The van der Waals surface area contributed by atoms with Crippen LogP contribution in [0.5, 0.6) is 0 Å². The van der Waals surface area contributed by atoms with Crippen molar-refractivity contribution in [3.8, 4) is 0 Å². The van der Waals surface area contributed by atoms with Crippen molar-refractivity contribution in [3.63, 3.8) is 0 Å². The maximum Gasteiger partial charge on any atom is 0.322 e. The number of urea groups is 1. The van der Waals surface area contributed by atoms with E-state index in [2.05, 4.69) is 39.5 Å². The largest absolute Gasteiger partial charge is 0.356 e. The Morgan fingerprint density at radius 3 is 2.74 bits per heavy atom. The van der Waals surface area contributed by atoms with Crippen LogP contribution in [0.2, 0.25) is 0 Å². The molecule has 2 aromatic carbocycles. The molecule has 2 amide bonds. The van der Waals surface area contributed by atoms with E-state index in [1.165, 1.54) is 35.0 Å². The van der Waals surface area contributed by atoms with Crippen molar-refractivity contribution in [3.05, 3.63) is 65.4 Å². The minimum Gasteiger partial charge on any atom is -0.356 e. The third-order valence-corrected chi connectivity index (χ3v) is 6.33. The number of H-pyrrole nitrogens is 1. The second-order valence-corrected chi connectivity index (χ2v) is 7.96. The fourth-order valence-corrected chi connectivity index (χ4v) is 5.12. The summed E-state index contributed by atoms with van der Waals surface area (Å²) in [4.78, 5) is 19.0. The summed E-state index contributed by atoms with van der Waals surface area (Å²) in [5.74, 6) is 0. The summed E-state index contributed by atoms with van der Waals surface area (Å²) in [6, 6.07) is 16.6. The van der Waals surface area contributed by atoms with Gasteiger partial charge in [0.25, 0.3) is 0 Å². The summed E-state index contributed by atoms with van der Waals surface area (Å²) < 4.78 is 0. The Labute approximate surface area is 159 Å². The van der Waals surface area contributed by atoms with Gasteiger partial charge in [-0.2, -0.15) is 0 Å². The number of rotatable bonds is 1. The Bertz CT molecular complexity index is 1010. The van der Waals surface area contributed by atoms with Crippen LogP contribution in [-0.2, 0) is 12.0 Å². The van der Waals surface area contributed by atoms with Crippen molar-refractivity contribution in [1.29, 1.82) is 0 Å². The molecule has 1 aromatic heterocycles. The first-order chi connectivity index (χ1) is 13.2. The maximum absolute atomic E-state index is 13.3. The number of aromatic amines is 1. The first-order valence-corrected chi connectivity index (χ1v) is 9.93. The molecule has 2 heterocycles. The molecule has 4 heteroatoms. The number of nitrogens with zero attached hydrogens (tertiary/aromatic N) is 1. The molecule has 0 bridgehead atoms. The van der Waals surface area contributed by atoms with Crippen LogP contribution < -0.4 is 5.32 Å². The smallest absolute Gasteiger partial charge is 0.322 e. The third-order valence-electron chi connectivity index (χ3n) is 6.33. The highest BCUT2D eigenvalue weighted by atomic mass is 16.2. The molecular weight excluding hydrogens is 334 g/mol. The molecule has 0 saturated heterocycles. The highest BCUT2D eigenvalue weighted by Gasteiger charge is 2.48. The van der Waals surface area contributed by atoms with Gasteiger partial charge in [0.05, 0.1) is 5.54 Å². The van der Waals surface area contributed by atoms with Gasteiger partial charge in [-0.25, -0.2) is 4.79 Å². The van der Waals surface area contributed by atoms with Crippen molar-refractivity contribution in [2.75, 3.05) is 11.9 Å². The Morgan fingerprint density at radius 1 is 1.11 bits per heavy atom. The van der Waals surface area contributed by atoms with Crippen molar-refractivity contribution < 1.29 is 4.79 Å². The molecule has 0 atom stereocenters. The molecule has 2 aliphatic rings. The second kappa shape index (κ2) is 6.15. The lowest BCUT2D eigenvalue weighted by Crippen LogP contribution is -2.53. The minimum atomic E-state index is -0.194. The quantitative estimate of drug-likeness (QED) is 0.606. The zero-order valence-corrected chi connectivity index (χ0v) is 15.7. The standard InChI is InChI=1S/C23H25N3O/c1-16-7-6-8-17(15-16)24-22(27)26-14-11-19-18-9-2-3-10-20(18)25-21(19)23(26)12-4-5-13-23/h2-3,6-10,15,25H,4-5,11-14H2,1H3,(H,24,27). The summed E-state index contributed by atoms with van der Waals surface area (Å²) in [5, 5.41) is 4.46. The van der Waals surface area contributed by atoms with Crippen molar-refractivity contribution >= 4 is 22.6 Å². The summed E-state index contributed by atoms with van der Waals surface area (Å²) >= 11 is 0. The monoisotopic (exact) mass is 359 g/mol. The van der Waals surface area contributed by atoms with Crippen LogP contribution in [-0.4, -0.2) is 22.5 Å². The van der Waals surface area contributed by atoms with Gasteiger partial charge in [0.15, 0.2) is 0 Å². The number of amides is 2. The molecular formula is C23H25N3O. The number of aryl methyl sites for hydroxylation is 1. The van der Waals surface area contributed by atoms with E-state index in [4.69, 9.17) is 0 Å². The van der Waals surface area contributed by atoms with Gasteiger partial charge >= 0.3 is 6.03 Å². The molecule has 1 saturated carbocycles. The van der Waals surface area contributed by atoms with E-state index < -0.39 is 0 Å². The van der Waals surface area contributed by atoms with Crippen LogP contribution in [0.3, 0.4) is 0 Å². The lowest BCUT2D eigenvalue weighted by atomic mass is 9.83. The number of hydrogen-bond acceptors (Lipinski definition) is 1. The van der Waals surface area contributed by atoms with Crippen molar-refractivity contribution in [1.82, 2.24) is 9.88 Å². The van der Waals surface area contributed by atoms with E-state index in [0.717, 1.165) is 37.1 Å². The normalized spacial score (nSPS) is 18.0. The van der Waals surface area contributed by atoms with E-state index in [1.807, 2.05) is 31.2 Å². The fraction of sp³-hybridized carbons (Fsp3) is 0.348. The van der Waals surface area contributed by atoms with Crippen LogP contribution in [0.15, 0.2) is 48.5 Å². The number of carbonyl (C=O) groups excluding carboxylic acids is 1. The molecule has 2 N–H and O–H groups in total. The highest BCUT2D eigenvalue weighted by molar-refractivity contribution is 5.91. The van der Waals surface area contributed by atoms with Gasteiger partial charge in [-0.3, -0.25) is 0 Å². The summed E-state index contributed by atoms with van der Waals surface area (Å²) in [7, 11) is 0. The van der Waals surface area contributed by atoms with Gasteiger partial charge in [-0.05, 0) is 55.5 Å². The lowest BCUT2D eigenvalue weighted by Gasteiger charge is -2.44. The van der Waals surface area contributed by atoms with Crippen molar-refractivity contribution in [2.45, 2.75) is 44.6 Å². The SMILES string of the molecule is Cc1cccc(NC(=O)N2CCc3c([nH]c4ccccc34)C23CCCC3)c1. The zero-order chi connectivity index (χ0) is 18.4. The zero-order valence-electron chi connectivity index (χ0n) is 15.7. The molecule has 1 aliphatic heterocycles. The van der Waals surface area contributed by atoms with Crippen LogP contribution in [0.1, 0.15) is 42.5 Å². The molecule has 27 heavy (non-hydrogen) atoms. The highest BCUT2D eigenvalue weighted by Crippen LogP contribution is 2.49. The number of para-hydroxylation sites is 1. The van der Waals surface area contributed by atoms with Gasteiger partial charge < -0.3 is 15.2 Å². The molecule has 1 fully saturated rings. The van der Waals surface area contributed by atoms with Gasteiger partial charge in [0, 0.05) is 28.8 Å². The molecule has 5 rings (SSSR count). The van der Waals surface area contributed by atoms with Gasteiger partial charge in [-0.15, -0.1) is 0 Å². The number of benzene rings is 2. The Morgan fingerprint density at radius 2 is 1.93 bits per heavy atom. The van der Waals surface area contributed by atoms with Gasteiger partial charge in [0.2, 0.25) is 0 Å². The Hall–Kier alpha value is -2.75. The predicted octanol–water partition coefficient (Wildman–Crippen LogP) is 5.34. The average molecular weight is 359 g/mol. The van der Waals surface area contributed by atoms with Crippen LogP contribution in [0, 0.1) is 6.92 Å². The van der Waals surface area contributed by atoms with E-state index in [9.17, 15) is 4.79 Å². The molecule has 138 valence electrons. The van der Waals surface area contributed by atoms with Crippen LogP contribution in [0.25, 0.3) is 10.9 Å². The summed E-state index contributed by atoms with van der Waals surface area (Å²) in [6.07, 6.45) is 5.32. The number of hydrogen-bond donors (Lipinski definition) is 2. The van der Waals surface area contributed by atoms with Crippen LogP contribution in [0.4, 0.5) is 10.5 Å². The molecule has 1 spiro atoms. The topological polar surface area (TPSA) is 48.1 Å². The fourth-order valence-electron chi connectivity index (χ4n) is 5.12. The van der Waals surface area contributed by atoms with Gasteiger partial charge in [0.1, 0.15) is 0 Å². The lowest BCUT2D eigenvalue weighted by molar-refractivity contribution is 0.111. The number of fused-ring (bicyclic) bond motifs is 4. The number of carbonyl (C=O) groups is 1. The predicted molar refractivity (Wildman–Crippen MR) is 109 cm³/mol. The number of nitrogens with one attached hydrogen (secondary N) is 2. The average Bonchev–Trinajstić information content (AvgIpc) is 3.28. The van der Waals surface area contributed by atoms with Gasteiger partial charge in [-0.1, -0.05) is 43.2 Å². The summed E-state index contributed by atoms with van der Waals surface area (Å²) in [5.41, 5.74) is 5.70. The third kappa shape index (κ3) is 2.54. The molecule has 3 aromatic rings. The number of aromatic nitrogens is 1. The van der Waals surface area contributed by atoms with E-state index in [0.29, 0.717) is 0 Å². The van der Waals surface area contributed by atoms with Crippen molar-refractivity contribution in [2.24, 2.45) is 0 Å². The molecule has 0 unspecified atom stereocenters. The van der Waals surface area contributed by atoms with E-state index in [-0.39, 0.29) is 11.6 Å². The van der Waals surface area contributed by atoms with Crippen LogP contribution >= 0.6 is 0 Å². The maximum atomic E-state index is 13.3. The number of anilines is 1.